The molecule has 1 atom stereocenters. The average Bonchev–Trinajstić information content (AvgIpc) is 2.19. The van der Waals surface area contributed by atoms with Crippen LogP contribution in [0.4, 0.5) is 0 Å². The highest BCUT2D eigenvalue weighted by atomic mass is 79.9. The van der Waals surface area contributed by atoms with Crippen LogP contribution in [0.5, 0.6) is 0 Å². The predicted molar refractivity (Wildman–Crippen MR) is 59.1 cm³/mol. The summed E-state index contributed by atoms with van der Waals surface area (Å²) in [6.45, 7) is 3.71. The van der Waals surface area contributed by atoms with Crippen molar-refractivity contribution in [2.24, 2.45) is 5.92 Å². The van der Waals surface area contributed by atoms with Crippen LogP contribution in [0.2, 0.25) is 0 Å². The summed E-state index contributed by atoms with van der Waals surface area (Å²) in [5.41, 5.74) is 1.24. The molecule has 0 aliphatic carbocycles. The Balaban J connectivity index is 2.20. The fourth-order valence-electron chi connectivity index (χ4n) is 0.997. The van der Waals surface area contributed by atoms with Crippen LogP contribution in [-0.4, -0.2) is 11.9 Å². The lowest BCUT2D eigenvalue weighted by molar-refractivity contribution is 0.0985. The molecule has 1 nitrogen and oxygen atoms in total. The second-order valence-corrected chi connectivity index (χ2v) is 3.91. The van der Waals surface area contributed by atoms with Gasteiger partial charge in [0.2, 0.25) is 0 Å². The number of halogens is 1. The SMILES string of the molecule is C[C@@H](CBr)COCc1ccccc1. The largest absolute Gasteiger partial charge is 0.376 e. The Morgan fingerprint density at radius 3 is 2.62 bits per heavy atom. The summed E-state index contributed by atoms with van der Waals surface area (Å²) in [6, 6.07) is 10.3. The molecule has 0 aliphatic rings. The van der Waals surface area contributed by atoms with Crippen LogP contribution in [0.1, 0.15) is 12.5 Å². The van der Waals surface area contributed by atoms with E-state index >= 15 is 0 Å². The Hall–Kier alpha value is -0.340. The van der Waals surface area contributed by atoms with E-state index in [1.54, 1.807) is 0 Å². The minimum atomic E-state index is 0.587. The van der Waals surface area contributed by atoms with Crippen molar-refractivity contribution in [3.05, 3.63) is 35.9 Å². The number of alkyl halides is 1. The molecule has 1 aromatic rings. The molecular formula is C11H15BrO. The zero-order valence-electron chi connectivity index (χ0n) is 7.87. The van der Waals surface area contributed by atoms with Crippen molar-refractivity contribution >= 4 is 15.9 Å². The van der Waals surface area contributed by atoms with Crippen LogP contribution < -0.4 is 0 Å². The number of hydrogen-bond donors (Lipinski definition) is 0. The molecule has 0 heterocycles. The van der Waals surface area contributed by atoms with Crippen LogP contribution in [0.3, 0.4) is 0 Å². The molecular weight excluding hydrogens is 228 g/mol. The van der Waals surface area contributed by atoms with Crippen molar-refractivity contribution in [2.45, 2.75) is 13.5 Å². The minimum Gasteiger partial charge on any atom is -0.376 e. The van der Waals surface area contributed by atoms with E-state index in [1.807, 2.05) is 18.2 Å². The highest BCUT2D eigenvalue weighted by molar-refractivity contribution is 9.09. The number of ether oxygens (including phenoxy) is 1. The quantitative estimate of drug-likeness (QED) is 0.721. The van der Waals surface area contributed by atoms with Crippen molar-refractivity contribution in [1.29, 1.82) is 0 Å². The fourth-order valence-corrected chi connectivity index (χ4v) is 1.18. The van der Waals surface area contributed by atoms with E-state index in [1.165, 1.54) is 5.56 Å². The summed E-state index contributed by atoms with van der Waals surface area (Å²) in [5, 5.41) is 1.00. The first-order chi connectivity index (χ1) is 6.33. The first kappa shape index (κ1) is 10.7. The highest BCUT2D eigenvalue weighted by Gasteiger charge is 1.99. The molecule has 0 saturated carbocycles. The third-order valence-electron chi connectivity index (χ3n) is 1.78. The van der Waals surface area contributed by atoms with Crippen LogP contribution in [0.25, 0.3) is 0 Å². The first-order valence-electron chi connectivity index (χ1n) is 4.50. The normalized spacial score (nSPS) is 12.8. The van der Waals surface area contributed by atoms with E-state index in [9.17, 15) is 0 Å². The molecule has 0 saturated heterocycles. The van der Waals surface area contributed by atoms with Gasteiger partial charge >= 0.3 is 0 Å². The van der Waals surface area contributed by atoms with Gasteiger partial charge in [0.15, 0.2) is 0 Å². The van der Waals surface area contributed by atoms with Gasteiger partial charge in [0, 0.05) is 5.33 Å². The molecule has 0 fully saturated rings. The number of rotatable bonds is 5. The van der Waals surface area contributed by atoms with Crippen molar-refractivity contribution in [1.82, 2.24) is 0 Å². The van der Waals surface area contributed by atoms with E-state index in [-0.39, 0.29) is 0 Å². The summed E-state index contributed by atoms with van der Waals surface area (Å²) in [5.74, 6) is 0.587. The molecule has 0 spiro atoms. The molecule has 0 N–H and O–H groups in total. The van der Waals surface area contributed by atoms with Crippen LogP contribution >= 0.6 is 15.9 Å². The summed E-state index contributed by atoms with van der Waals surface area (Å²) >= 11 is 3.42. The van der Waals surface area contributed by atoms with E-state index < -0.39 is 0 Å². The topological polar surface area (TPSA) is 9.23 Å². The van der Waals surface area contributed by atoms with Gasteiger partial charge in [-0.1, -0.05) is 53.2 Å². The van der Waals surface area contributed by atoms with Gasteiger partial charge in [-0.25, -0.2) is 0 Å². The summed E-state index contributed by atoms with van der Waals surface area (Å²) in [6.07, 6.45) is 0. The monoisotopic (exact) mass is 242 g/mol. The van der Waals surface area contributed by atoms with E-state index in [2.05, 4.69) is 35.0 Å². The van der Waals surface area contributed by atoms with Gasteiger partial charge in [0.25, 0.3) is 0 Å². The molecule has 13 heavy (non-hydrogen) atoms. The van der Waals surface area contributed by atoms with Crippen molar-refractivity contribution < 1.29 is 4.74 Å². The summed E-state index contributed by atoms with van der Waals surface area (Å²) < 4.78 is 5.54. The number of benzene rings is 1. The summed E-state index contributed by atoms with van der Waals surface area (Å²) in [4.78, 5) is 0. The molecule has 72 valence electrons. The van der Waals surface area contributed by atoms with Crippen LogP contribution in [-0.2, 0) is 11.3 Å². The lowest BCUT2D eigenvalue weighted by Crippen LogP contribution is -2.06. The standard InChI is InChI=1S/C11H15BrO/c1-10(7-12)8-13-9-11-5-3-2-4-6-11/h2-6,10H,7-9H2,1H3/t10-/m0/s1. The van der Waals surface area contributed by atoms with Gasteiger partial charge < -0.3 is 4.74 Å². The van der Waals surface area contributed by atoms with Gasteiger partial charge in [-0.05, 0) is 11.5 Å². The Labute approximate surface area is 88.2 Å². The Kier molecular flexibility index (Phi) is 5.09. The van der Waals surface area contributed by atoms with E-state index in [4.69, 9.17) is 4.74 Å². The van der Waals surface area contributed by atoms with Gasteiger partial charge in [-0.2, -0.15) is 0 Å². The molecule has 0 amide bonds. The fraction of sp³-hybridized carbons (Fsp3) is 0.455. The molecule has 0 aliphatic heterocycles. The highest BCUT2D eigenvalue weighted by Crippen LogP contribution is 2.04. The predicted octanol–water partition coefficient (Wildman–Crippen LogP) is 3.23. The van der Waals surface area contributed by atoms with Crippen LogP contribution in [0.15, 0.2) is 30.3 Å². The maximum absolute atomic E-state index is 5.54. The zero-order valence-corrected chi connectivity index (χ0v) is 9.46. The Bertz CT molecular complexity index is 223. The summed E-state index contributed by atoms with van der Waals surface area (Å²) in [7, 11) is 0. The van der Waals surface area contributed by atoms with Gasteiger partial charge in [-0.15, -0.1) is 0 Å². The second-order valence-electron chi connectivity index (χ2n) is 3.26. The second kappa shape index (κ2) is 6.17. The minimum absolute atomic E-state index is 0.587. The van der Waals surface area contributed by atoms with Gasteiger partial charge in [-0.3, -0.25) is 0 Å². The molecule has 0 bridgehead atoms. The third kappa shape index (κ3) is 4.44. The average molecular weight is 243 g/mol. The van der Waals surface area contributed by atoms with Crippen molar-refractivity contribution in [2.75, 3.05) is 11.9 Å². The van der Waals surface area contributed by atoms with Crippen molar-refractivity contribution in [3.8, 4) is 0 Å². The molecule has 1 rings (SSSR count). The molecule has 2 heteroatoms. The number of hydrogen-bond acceptors (Lipinski definition) is 1. The molecule has 0 radical (unpaired) electrons. The first-order valence-corrected chi connectivity index (χ1v) is 5.62. The van der Waals surface area contributed by atoms with Crippen LogP contribution in [0, 0.1) is 5.92 Å². The Morgan fingerprint density at radius 2 is 2.00 bits per heavy atom. The molecule has 1 aromatic carbocycles. The van der Waals surface area contributed by atoms with E-state index in [0.29, 0.717) is 5.92 Å². The van der Waals surface area contributed by atoms with E-state index in [0.717, 1.165) is 18.5 Å². The maximum atomic E-state index is 5.54. The lowest BCUT2D eigenvalue weighted by Gasteiger charge is -2.08. The molecule has 0 unspecified atom stereocenters. The van der Waals surface area contributed by atoms with Crippen molar-refractivity contribution in [3.63, 3.8) is 0 Å². The van der Waals surface area contributed by atoms with Gasteiger partial charge in [0.1, 0.15) is 0 Å². The maximum Gasteiger partial charge on any atom is 0.0717 e. The Morgan fingerprint density at radius 1 is 1.31 bits per heavy atom. The zero-order chi connectivity index (χ0) is 9.52. The lowest BCUT2D eigenvalue weighted by atomic mass is 10.2. The smallest absolute Gasteiger partial charge is 0.0717 e. The van der Waals surface area contributed by atoms with Gasteiger partial charge in [0.05, 0.1) is 13.2 Å². The molecule has 0 aromatic heterocycles. The third-order valence-corrected chi connectivity index (χ3v) is 2.88.